The van der Waals surface area contributed by atoms with E-state index in [0.29, 0.717) is 31.3 Å². The van der Waals surface area contributed by atoms with Gasteiger partial charge in [0.15, 0.2) is 11.5 Å². The molecule has 1 fully saturated rings. The third-order valence-corrected chi connectivity index (χ3v) is 3.62. The highest BCUT2D eigenvalue weighted by Crippen LogP contribution is 2.35. The van der Waals surface area contributed by atoms with Gasteiger partial charge in [0.2, 0.25) is 0 Å². The second-order valence-electron chi connectivity index (χ2n) is 5.48. The molecular formula is C18H18O5. The SMILES string of the molecule is Cc1cc(C(=O)O)cc(OCc2ccccc2)c1OC1COC1. The predicted octanol–water partition coefficient (Wildman–Crippen LogP) is 3.05. The maximum atomic E-state index is 11.3. The third kappa shape index (κ3) is 3.63. The van der Waals surface area contributed by atoms with Crippen LogP contribution < -0.4 is 9.47 Å². The van der Waals surface area contributed by atoms with E-state index in [-0.39, 0.29) is 11.7 Å². The number of carboxylic acid groups (broad SMARTS) is 1. The van der Waals surface area contributed by atoms with Crippen LogP contribution in [0.15, 0.2) is 42.5 Å². The molecule has 0 radical (unpaired) electrons. The van der Waals surface area contributed by atoms with Gasteiger partial charge in [0, 0.05) is 0 Å². The van der Waals surface area contributed by atoms with E-state index in [4.69, 9.17) is 14.2 Å². The maximum Gasteiger partial charge on any atom is 0.335 e. The molecule has 1 aliphatic heterocycles. The highest BCUT2D eigenvalue weighted by Gasteiger charge is 2.24. The number of benzene rings is 2. The lowest BCUT2D eigenvalue weighted by Crippen LogP contribution is -2.38. The number of rotatable bonds is 6. The topological polar surface area (TPSA) is 65.0 Å². The summed E-state index contributed by atoms with van der Waals surface area (Å²) in [4.78, 5) is 11.3. The second-order valence-corrected chi connectivity index (χ2v) is 5.48. The smallest absolute Gasteiger partial charge is 0.335 e. The molecule has 3 rings (SSSR count). The molecular weight excluding hydrogens is 296 g/mol. The van der Waals surface area contributed by atoms with E-state index in [2.05, 4.69) is 0 Å². The molecule has 23 heavy (non-hydrogen) atoms. The van der Waals surface area contributed by atoms with Crippen LogP contribution in [0.4, 0.5) is 0 Å². The van der Waals surface area contributed by atoms with E-state index in [1.54, 1.807) is 6.07 Å². The van der Waals surface area contributed by atoms with Crippen molar-refractivity contribution in [3.8, 4) is 11.5 Å². The number of hydrogen-bond acceptors (Lipinski definition) is 4. The Morgan fingerprint density at radius 1 is 1.26 bits per heavy atom. The third-order valence-electron chi connectivity index (χ3n) is 3.62. The number of aryl methyl sites for hydroxylation is 1. The zero-order chi connectivity index (χ0) is 16.2. The average Bonchev–Trinajstić information content (AvgIpc) is 2.50. The van der Waals surface area contributed by atoms with E-state index in [1.807, 2.05) is 37.3 Å². The van der Waals surface area contributed by atoms with Crippen molar-refractivity contribution in [1.29, 1.82) is 0 Å². The summed E-state index contributed by atoms with van der Waals surface area (Å²) in [6.07, 6.45) is -0.0107. The monoisotopic (exact) mass is 314 g/mol. The largest absolute Gasteiger partial charge is 0.485 e. The first-order valence-corrected chi connectivity index (χ1v) is 7.42. The van der Waals surface area contributed by atoms with Crippen molar-refractivity contribution in [3.63, 3.8) is 0 Å². The summed E-state index contributed by atoms with van der Waals surface area (Å²) < 4.78 is 16.8. The summed E-state index contributed by atoms with van der Waals surface area (Å²) in [5.74, 6) is 0.0357. The quantitative estimate of drug-likeness (QED) is 0.888. The second kappa shape index (κ2) is 6.71. The van der Waals surface area contributed by atoms with Gasteiger partial charge in [0.25, 0.3) is 0 Å². The number of ether oxygens (including phenoxy) is 3. The molecule has 0 bridgehead atoms. The maximum absolute atomic E-state index is 11.3. The van der Waals surface area contributed by atoms with Crippen LogP contribution in [0.25, 0.3) is 0 Å². The molecule has 0 saturated carbocycles. The Labute approximate surface area is 134 Å². The van der Waals surface area contributed by atoms with Gasteiger partial charge < -0.3 is 19.3 Å². The first kappa shape index (κ1) is 15.4. The van der Waals surface area contributed by atoms with Crippen LogP contribution in [0.3, 0.4) is 0 Å². The van der Waals surface area contributed by atoms with Crippen LogP contribution in [0.2, 0.25) is 0 Å². The fraction of sp³-hybridized carbons (Fsp3) is 0.278. The molecule has 1 saturated heterocycles. The molecule has 2 aromatic carbocycles. The Bertz CT molecular complexity index is 692. The molecule has 0 aliphatic carbocycles. The van der Waals surface area contributed by atoms with E-state index >= 15 is 0 Å². The van der Waals surface area contributed by atoms with Crippen LogP contribution in [0, 0.1) is 6.92 Å². The van der Waals surface area contributed by atoms with Crippen molar-refractivity contribution in [2.75, 3.05) is 13.2 Å². The average molecular weight is 314 g/mol. The first-order valence-electron chi connectivity index (χ1n) is 7.42. The van der Waals surface area contributed by atoms with Gasteiger partial charge in [-0.25, -0.2) is 4.79 Å². The minimum Gasteiger partial charge on any atom is -0.485 e. The van der Waals surface area contributed by atoms with Gasteiger partial charge in [0.05, 0.1) is 18.8 Å². The molecule has 0 aromatic heterocycles. The van der Waals surface area contributed by atoms with Gasteiger partial charge >= 0.3 is 5.97 Å². The summed E-state index contributed by atoms with van der Waals surface area (Å²) in [5.41, 5.74) is 1.92. The molecule has 5 heteroatoms. The number of carbonyl (C=O) groups is 1. The zero-order valence-electron chi connectivity index (χ0n) is 12.8. The van der Waals surface area contributed by atoms with Gasteiger partial charge in [-0.3, -0.25) is 0 Å². The summed E-state index contributed by atoms with van der Waals surface area (Å²) in [6.45, 7) is 3.24. The lowest BCUT2D eigenvalue weighted by atomic mass is 10.1. The van der Waals surface area contributed by atoms with Gasteiger partial charge in [-0.1, -0.05) is 30.3 Å². The summed E-state index contributed by atoms with van der Waals surface area (Å²) in [7, 11) is 0. The highest BCUT2D eigenvalue weighted by atomic mass is 16.6. The van der Waals surface area contributed by atoms with Crippen molar-refractivity contribution in [1.82, 2.24) is 0 Å². The van der Waals surface area contributed by atoms with Gasteiger partial charge in [-0.15, -0.1) is 0 Å². The Morgan fingerprint density at radius 3 is 2.61 bits per heavy atom. The van der Waals surface area contributed by atoms with Crippen LogP contribution in [-0.2, 0) is 11.3 Å². The molecule has 1 N–H and O–H groups in total. The standard InChI is InChI=1S/C18H18O5/c1-12-7-14(18(19)20)8-16(17(12)23-15-10-21-11-15)22-9-13-5-3-2-4-6-13/h2-8,15H,9-11H2,1H3,(H,19,20). The minimum atomic E-state index is -0.990. The Morgan fingerprint density at radius 2 is 2.00 bits per heavy atom. The van der Waals surface area contributed by atoms with Crippen molar-refractivity contribution in [3.05, 3.63) is 59.2 Å². The van der Waals surface area contributed by atoms with E-state index in [0.717, 1.165) is 11.1 Å². The molecule has 120 valence electrons. The van der Waals surface area contributed by atoms with Crippen molar-refractivity contribution >= 4 is 5.97 Å². The molecule has 1 heterocycles. The van der Waals surface area contributed by atoms with Crippen LogP contribution in [-0.4, -0.2) is 30.4 Å². The molecule has 0 amide bonds. The Kier molecular flexibility index (Phi) is 4.48. The molecule has 0 atom stereocenters. The lowest BCUT2D eigenvalue weighted by molar-refractivity contribution is -0.0807. The highest BCUT2D eigenvalue weighted by molar-refractivity contribution is 5.89. The predicted molar refractivity (Wildman–Crippen MR) is 84.1 cm³/mol. The Balaban J connectivity index is 1.85. The normalized spacial score (nSPS) is 14.1. The first-order chi connectivity index (χ1) is 11.1. The van der Waals surface area contributed by atoms with E-state index < -0.39 is 5.97 Å². The summed E-state index contributed by atoms with van der Waals surface area (Å²) in [5, 5.41) is 9.23. The molecule has 0 spiro atoms. The van der Waals surface area contributed by atoms with Crippen LogP contribution in [0.5, 0.6) is 11.5 Å². The Hall–Kier alpha value is -2.53. The number of hydrogen-bond donors (Lipinski definition) is 1. The summed E-state index contributed by atoms with van der Waals surface area (Å²) in [6, 6.07) is 12.8. The van der Waals surface area contributed by atoms with Gasteiger partial charge in [0.1, 0.15) is 12.7 Å². The molecule has 2 aromatic rings. The lowest BCUT2D eigenvalue weighted by Gasteiger charge is -2.28. The summed E-state index contributed by atoms with van der Waals surface area (Å²) >= 11 is 0. The molecule has 0 unspecified atom stereocenters. The van der Waals surface area contributed by atoms with Crippen LogP contribution >= 0.6 is 0 Å². The minimum absolute atomic E-state index is 0.0107. The van der Waals surface area contributed by atoms with E-state index in [1.165, 1.54) is 6.07 Å². The zero-order valence-corrected chi connectivity index (χ0v) is 12.8. The molecule has 1 aliphatic rings. The van der Waals surface area contributed by atoms with Gasteiger partial charge in [-0.05, 0) is 30.2 Å². The van der Waals surface area contributed by atoms with Crippen molar-refractivity contribution in [2.45, 2.75) is 19.6 Å². The fourth-order valence-corrected chi connectivity index (χ4v) is 2.31. The van der Waals surface area contributed by atoms with E-state index in [9.17, 15) is 9.90 Å². The molecule has 5 nitrogen and oxygen atoms in total. The fourth-order valence-electron chi connectivity index (χ4n) is 2.31. The van der Waals surface area contributed by atoms with Crippen molar-refractivity contribution in [2.24, 2.45) is 0 Å². The number of carboxylic acids is 1. The van der Waals surface area contributed by atoms with Crippen molar-refractivity contribution < 1.29 is 24.1 Å². The van der Waals surface area contributed by atoms with Crippen LogP contribution in [0.1, 0.15) is 21.5 Å². The number of aromatic carboxylic acids is 1. The van der Waals surface area contributed by atoms with Gasteiger partial charge in [-0.2, -0.15) is 0 Å².